The number of ether oxygens (including phenoxy) is 3. The first-order valence-corrected chi connectivity index (χ1v) is 4.78. The first-order valence-electron chi connectivity index (χ1n) is 4.78. The van der Waals surface area contributed by atoms with E-state index in [0.29, 0.717) is 0 Å². The van der Waals surface area contributed by atoms with Gasteiger partial charge in [0.2, 0.25) is 0 Å². The van der Waals surface area contributed by atoms with Gasteiger partial charge in [0.1, 0.15) is 6.07 Å². The second kappa shape index (κ2) is 5.48. The Balaban J connectivity index is 3.41. The molecule has 102 valence electrons. The molecule has 1 aromatic carbocycles. The minimum Gasteiger partial charge on any atom is -0.492 e. The van der Waals surface area contributed by atoms with E-state index in [1.54, 1.807) is 6.07 Å². The van der Waals surface area contributed by atoms with Gasteiger partial charge in [0, 0.05) is 0 Å². The molecule has 0 saturated carbocycles. The van der Waals surface area contributed by atoms with Crippen LogP contribution < -0.4 is 9.47 Å². The van der Waals surface area contributed by atoms with Gasteiger partial charge in [-0.15, -0.1) is 13.2 Å². The monoisotopic (exact) mass is 275 g/mol. The number of methoxy groups -OCH3 is 2. The molecule has 0 unspecified atom stereocenters. The Morgan fingerprint density at radius 3 is 2.37 bits per heavy atom. The van der Waals surface area contributed by atoms with Crippen molar-refractivity contribution in [3.05, 3.63) is 23.3 Å². The van der Waals surface area contributed by atoms with E-state index in [1.165, 1.54) is 0 Å². The van der Waals surface area contributed by atoms with E-state index in [1.807, 2.05) is 0 Å². The summed E-state index contributed by atoms with van der Waals surface area (Å²) in [5, 5.41) is 8.83. The molecule has 0 atom stereocenters. The topological polar surface area (TPSA) is 68.6 Å². The number of nitriles is 1. The smallest absolute Gasteiger partial charge is 0.492 e. The van der Waals surface area contributed by atoms with Gasteiger partial charge in [-0.1, -0.05) is 0 Å². The normalized spacial score (nSPS) is 10.5. The highest BCUT2D eigenvalue weighted by molar-refractivity contribution is 5.91. The lowest BCUT2D eigenvalue weighted by molar-refractivity contribution is -0.275. The first-order chi connectivity index (χ1) is 8.82. The van der Waals surface area contributed by atoms with Gasteiger partial charge in [-0.05, 0) is 12.1 Å². The number of rotatable bonds is 3. The highest BCUT2D eigenvalue weighted by atomic mass is 19.4. The van der Waals surface area contributed by atoms with Crippen LogP contribution in [0.5, 0.6) is 11.5 Å². The maximum Gasteiger partial charge on any atom is 0.573 e. The molecule has 0 heterocycles. The lowest BCUT2D eigenvalue weighted by Gasteiger charge is -2.14. The quantitative estimate of drug-likeness (QED) is 0.791. The third kappa shape index (κ3) is 3.51. The van der Waals surface area contributed by atoms with Crippen molar-refractivity contribution < 1.29 is 32.2 Å². The molecule has 0 aromatic heterocycles. The number of halogens is 3. The minimum absolute atomic E-state index is 0.251. The molecule has 0 aliphatic rings. The summed E-state index contributed by atoms with van der Waals surface area (Å²) in [4.78, 5) is 11.3. The zero-order valence-electron chi connectivity index (χ0n) is 9.87. The maximum absolute atomic E-state index is 12.2. The van der Waals surface area contributed by atoms with Gasteiger partial charge in [0.05, 0.1) is 25.3 Å². The number of esters is 1. The van der Waals surface area contributed by atoms with Gasteiger partial charge in [-0.2, -0.15) is 5.26 Å². The Kier molecular flexibility index (Phi) is 4.22. The third-order valence-corrected chi connectivity index (χ3v) is 2.03. The molecule has 0 aliphatic carbocycles. The van der Waals surface area contributed by atoms with Crippen molar-refractivity contribution in [2.75, 3.05) is 14.2 Å². The van der Waals surface area contributed by atoms with Crippen LogP contribution in [0.25, 0.3) is 0 Å². The van der Waals surface area contributed by atoms with Crippen molar-refractivity contribution in [1.82, 2.24) is 0 Å². The molecule has 0 radical (unpaired) electrons. The van der Waals surface area contributed by atoms with Crippen LogP contribution in [-0.4, -0.2) is 26.6 Å². The minimum atomic E-state index is -4.98. The van der Waals surface area contributed by atoms with Crippen LogP contribution >= 0.6 is 0 Å². The summed E-state index contributed by atoms with van der Waals surface area (Å²) < 4.78 is 49.5. The molecule has 0 aliphatic heterocycles. The molecule has 0 saturated heterocycles. The third-order valence-electron chi connectivity index (χ3n) is 2.03. The fraction of sp³-hybridized carbons (Fsp3) is 0.273. The van der Waals surface area contributed by atoms with Crippen molar-refractivity contribution in [2.24, 2.45) is 0 Å². The second-order valence-corrected chi connectivity index (χ2v) is 3.21. The van der Waals surface area contributed by atoms with Crippen LogP contribution in [0.2, 0.25) is 0 Å². The fourth-order valence-electron chi connectivity index (χ4n) is 1.33. The Bertz CT molecular complexity index is 534. The van der Waals surface area contributed by atoms with Gasteiger partial charge in [0.25, 0.3) is 0 Å². The average molecular weight is 275 g/mol. The summed E-state index contributed by atoms with van der Waals surface area (Å²) >= 11 is 0. The Morgan fingerprint density at radius 2 is 1.95 bits per heavy atom. The SMILES string of the molecule is COC(=O)c1cc(C#N)c(OC)c(OC(F)(F)F)c1. The highest BCUT2D eigenvalue weighted by Crippen LogP contribution is 2.36. The maximum atomic E-state index is 12.2. The summed E-state index contributed by atoms with van der Waals surface area (Å²) in [5.41, 5.74) is -0.524. The summed E-state index contributed by atoms with van der Waals surface area (Å²) in [7, 11) is 2.14. The van der Waals surface area contributed by atoms with E-state index in [-0.39, 0.29) is 11.1 Å². The predicted molar refractivity (Wildman–Crippen MR) is 55.7 cm³/mol. The van der Waals surface area contributed by atoms with Crippen LogP contribution in [0, 0.1) is 11.3 Å². The van der Waals surface area contributed by atoms with Crippen LogP contribution in [0.3, 0.4) is 0 Å². The summed E-state index contributed by atoms with van der Waals surface area (Å²) in [5.74, 6) is -2.09. The zero-order chi connectivity index (χ0) is 14.6. The second-order valence-electron chi connectivity index (χ2n) is 3.21. The number of nitrogens with zero attached hydrogens (tertiary/aromatic N) is 1. The largest absolute Gasteiger partial charge is 0.573 e. The van der Waals surface area contributed by atoms with Crippen LogP contribution in [0.1, 0.15) is 15.9 Å². The summed E-state index contributed by atoms with van der Waals surface area (Å²) in [6.07, 6.45) is -4.98. The molecule has 0 bridgehead atoms. The molecule has 5 nitrogen and oxygen atoms in total. The van der Waals surface area contributed by atoms with Crippen molar-refractivity contribution in [3.63, 3.8) is 0 Å². The van der Waals surface area contributed by atoms with E-state index in [4.69, 9.17) is 5.26 Å². The van der Waals surface area contributed by atoms with Crippen LogP contribution in [0.15, 0.2) is 12.1 Å². The summed E-state index contributed by atoms with van der Waals surface area (Å²) in [6.45, 7) is 0. The van der Waals surface area contributed by atoms with Crippen LogP contribution in [0.4, 0.5) is 13.2 Å². The lowest BCUT2D eigenvalue weighted by Crippen LogP contribution is -2.18. The molecule has 0 amide bonds. The number of hydrogen-bond donors (Lipinski definition) is 0. The predicted octanol–water partition coefficient (Wildman–Crippen LogP) is 2.25. The number of hydrogen-bond acceptors (Lipinski definition) is 5. The number of alkyl halides is 3. The Labute approximate surface area is 106 Å². The van der Waals surface area contributed by atoms with Gasteiger partial charge in [0.15, 0.2) is 11.5 Å². The van der Waals surface area contributed by atoms with Gasteiger partial charge in [-0.25, -0.2) is 4.79 Å². The van der Waals surface area contributed by atoms with Crippen LogP contribution in [-0.2, 0) is 4.74 Å². The molecule has 8 heteroatoms. The van der Waals surface area contributed by atoms with E-state index in [0.717, 1.165) is 26.4 Å². The molecule has 1 aromatic rings. The number of carbonyl (C=O) groups is 1. The molecule has 0 fully saturated rings. The van der Waals surface area contributed by atoms with Crippen molar-refractivity contribution >= 4 is 5.97 Å². The molecule has 19 heavy (non-hydrogen) atoms. The van der Waals surface area contributed by atoms with Crippen molar-refractivity contribution in [1.29, 1.82) is 5.26 Å². The van der Waals surface area contributed by atoms with Crippen molar-refractivity contribution in [2.45, 2.75) is 6.36 Å². The van der Waals surface area contributed by atoms with E-state index in [9.17, 15) is 18.0 Å². The van der Waals surface area contributed by atoms with Gasteiger partial charge >= 0.3 is 12.3 Å². The average Bonchev–Trinajstić information content (AvgIpc) is 2.34. The molecule has 0 N–H and O–H groups in total. The first kappa shape index (κ1) is 14.6. The van der Waals surface area contributed by atoms with Gasteiger partial charge in [-0.3, -0.25) is 0 Å². The van der Waals surface area contributed by atoms with E-state index in [2.05, 4.69) is 14.2 Å². The van der Waals surface area contributed by atoms with E-state index >= 15 is 0 Å². The standard InChI is InChI=1S/C11H8F3NO4/c1-17-9-7(5-15)3-6(10(16)18-2)4-8(9)19-11(12,13)14/h3-4H,1-2H3. The van der Waals surface area contributed by atoms with Crippen molar-refractivity contribution in [3.8, 4) is 17.6 Å². The molecular formula is C11H8F3NO4. The van der Waals surface area contributed by atoms with Gasteiger partial charge < -0.3 is 14.2 Å². The summed E-state index contributed by atoms with van der Waals surface area (Å²) in [6, 6.07) is 3.45. The Morgan fingerprint density at radius 1 is 1.32 bits per heavy atom. The Hall–Kier alpha value is -2.43. The number of benzene rings is 1. The zero-order valence-corrected chi connectivity index (χ0v) is 9.87. The molecule has 1 rings (SSSR count). The highest BCUT2D eigenvalue weighted by Gasteiger charge is 2.33. The fourth-order valence-corrected chi connectivity index (χ4v) is 1.33. The lowest BCUT2D eigenvalue weighted by atomic mass is 10.1. The molecule has 0 spiro atoms. The van der Waals surface area contributed by atoms with E-state index < -0.39 is 23.8 Å². The molecular weight excluding hydrogens is 267 g/mol. The number of carbonyl (C=O) groups excluding carboxylic acids is 1.